The first-order chi connectivity index (χ1) is 17.6. The number of amides is 1. The largest absolute Gasteiger partial charge is 0.385 e. The lowest BCUT2D eigenvalue weighted by Gasteiger charge is -2.34. The molecule has 5 rings (SSSR count). The van der Waals surface area contributed by atoms with Crippen LogP contribution < -0.4 is 5.56 Å². The first-order valence-corrected chi connectivity index (χ1v) is 12.2. The average Bonchev–Trinajstić information content (AvgIpc) is 3.26. The molecule has 0 saturated carbocycles. The number of carbonyl (C=O) groups is 1. The Labute approximate surface area is 209 Å². The van der Waals surface area contributed by atoms with E-state index in [0.717, 1.165) is 31.7 Å². The molecule has 1 saturated heterocycles. The highest BCUT2D eigenvalue weighted by Gasteiger charge is 2.29. The second kappa shape index (κ2) is 10.8. The summed E-state index contributed by atoms with van der Waals surface area (Å²) in [6, 6.07) is 15.2. The fourth-order valence-electron chi connectivity index (χ4n) is 4.58. The highest BCUT2D eigenvalue weighted by atomic mass is 16.5. The number of hydrogen-bond acceptors (Lipinski definition) is 6. The van der Waals surface area contributed by atoms with Gasteiger partial charge in [-0.2, -0.15) is 9.78 Å². The van der Waals surface area contributed by atoms with Crippen molar-refractivity contribution < 1.29 is 9.53 Å². The number of carbonyl (C=O) groups excluding carboxylic acids is 1. The van der Waals surface area contributed by atoms with Gasteiger partial charge in [0.2, 0.25) is 0 Å². The van der Waals surface area contributed by atoms with Gasteiger partial charge in [0.25, 0.3) is 11.5 Å². The van der Waals surface area contributed by atoms with E-state index < -0.39 is 0 Å². The first-order valence-electron chi connectivity index (χ1n) is 12.2. The Balaban J connectivity index is 1.41. The molecule has 0 radical (unpaired) electrons. The van der Waals surface area contributed by atoms with Crippen molar-refractivity contribution in [2.45, 2.75) is 19.5 Å². The maximum Gasteiger partial charge on any atom is 0.282 e. The Morgan fingerprint density at radius 2 is 1.78 bits per heavy atom. The van der Waals surface area contributed by atoms with Gasteiger partial charge in [0.1, 0.15) is 5.69 Å². The Morgan fingerprint density at radius 1 is 1.00 bits per heavy atom. The number of fused-ring (bicyclic) bond motifs is 1. The van der Waals surface area contributed by atoms with Crippen molar-refractivity contribution in [3.8, 4) is 16.9 Å². The number of rotatable bonds is 8. The molecule has 9 heteroatoms. The van der Waals surface area contributed by atoms with E-state index in [1.165, 1.54) is 4.68 Å². The van der Waals surface area contributed by atoms with E-state index in [9.17, 15) is 9.59 Å². The summed E-state index contributed by atoms with van der Waals surface area (Å²) in [6.45, 7) is 4.73. The minimum Gasteiger partial charge on any atom is -0.385 e. The molecule has 2 aromatic rings. The maximum atomic E-state index is 13.7. The van der Waals surface area contributed by atoms with E-state index in [0.29, 0.717) is 48.7 Å². The molecule has 0 bridgehead atoms. The SMILES string of the molecule is COCCCn1cc(C(=O)N2CCN(Cc3ccccn3)CC2)c2nn(-c3ccccc3)c(=O)c-2c1. The van der Waals surface area contributed by atoms with Crippen LogP contribution in [0.2, 0.25) is 0 Å². The van der Waals surface area contributed by atoms with Crippen molar-refractivity contribution in [1.29, 1.82) is 0 Å². The van der Waals surface area contributed by atoms with Crippen LogP contribution in [0.5, 0.6) is 0 Å². The summed E-state index contributed by atoms with van der Waals surface area (Å²) < 4.78 is 8.47. The number of pyridine rings is 2. The molecule has 0 unspecified atom stereocenters. The summed E-state index contributed by atoms with van der Waals surface area (Å²) in [5, 5.41) is 4.61. The van der Waals surface area contributed by atoms with Gasteiger partial charge in [0.05, 0.1) is 22.5 Å². The molecule has 0 atom stereocenters. The Hall–Kier alpha value is -3.82. The molecule has 1 aromatic heterocycles. The van der Waals surface area contributed by atoms with Crippen molar-refractivity contribution >= 4 is 5.91 Å². The molecule has 4 heterocycles. The molecule has 1 amide bonds. The number of benzene rings is 1. The number of aromatic nitrogens is 4. The average molecular weight is 487 g/mol. The number of methoxy groups -OCH3 is 1. The first kappa shape index (κ1) is 23.9. The smallest absolute Gasteiger partial charge is 0.282 e. The topological polar surface area (TPSA) is 85.5 Å². The molecule has 3 aliphatic rings. The highest BCUT2D eigenvalue weighted by Crippen LogP contribution is 2.24. The van der Waals surface area contributed by atoms with Crippen molar-refractivity contribution in [2.24, 2.45) is 0 Å². The molecule has 0 N–H and O–H groups in total. The van der Waals surface area contributed by atoms with Crippen LogP contribution in [0.3, 0.4) is 0 Å². The molecular weight excluding hydrogens is 456 g/mol. The van der Waals surface area contributed by atoms with Crippen molar-refractivity contribution in [3.05, 3.63) is 88.7 Å². The number of ether oxygens (including phenoxy) is 1. The zero-order valence-electron chi connectivity index (χ0n) is 20.4. The third-order valence-electron chi connectivity index (χ3n) is 6.49. The number of nitrogens with zero attached hydrogens (tertiary/aromatic N) is 6. The van der Waals surface area contributed by atoms with Crippen LogP contribution in [-0.4, -0.2) is 74.9 Å². The van der Waals surface area contributed by atoms with Gasteiger partial charge in [0, 0.05) is 71.6 Å². The van der Waals surface area contributed by atoms with E-state index in [1.807, 2.05) is 64.2 Å². The van der Waals surface area contributed by atoms with Crippen molar-refractivity contribution in [2.75, 3.05) is 39.9 Å². The van der Waals surface area contributed by atoms with Gasteiger partial charge in [-0.15, -0.1) is 0 Å². The second-order valence-electron chi connectivity index (χ2n) is 8.96. The van der Waals surface area contributed by atoms with Crippen LogP contribution in [0, 0.1) is 0 Å². The van der Waals surface area contributed by atoms with Gasteiger partial charge >= 0.3 is 0 Å². The standard InChI is InChI=1S/C27H30N6O3/c1-36-17-7-12-31-19-23(25-24(20-31)27(35)33(29-25)22-9-3-2-4-10-22)26(34)32-15-13-30(14-16-32)18-21-8-5-6-11-28-21/h2-6,8-11,19-20H,7,12-18H2,1H3. The van der Waals surface area contributed by atoms with Crippen LogP contribution >= 0.6 is 0 Å². The summed E-state index contributed by atoms with van der Waals surface area (Å²) in [4.78, 5) is 35.6. The quantitative estimate of drug-likeness (QED) is 0.356. The molecule has 186 valence electrons. The molecule has 1 aromatic carbocycles. The number of piperazine rings is 1. The predicted octanol–water partition coefficient (Wildman–Crippen LogP) is 2.53. The zero-order valence-corrected chi connectivity index (χ0v) is 20.4. The fourth-order valence-corrected chi connectivity index (χ4v) is 4.58. The summed E-state index contributed by atoms with van der Waals surface area (Å²) in [5.41, 5.74) is 2.80. The van der Waals surface area contributed by atoms with Gasteiger partial charge in [-0.3, -0.25) is 19.5 Å². The molecule has 1 fully saturated rings. The summed E-state index contributed by atoms with van der Waals surface area (Å²) >= 11 is 0. The zero-order chi connectivity index (χ0) is 24.9. The third-order valence-corrected chi connectivity index (χ3v) is 6.49. The van der Waals surface area contributed by atoms with Crippen molar-refractivity contribution in [1.82, 2.24) is 29.1 Å². The molecule has 9 nitrogen and oxygen atoms in total. The van der Waals surface area contributed by atoms with Crippen LogP contribution in [0.4, 0.5) is 0 Å². The lowest BCUT2D eigenvalue weighted by Crippen LogP contribution is -2.48. The van der Waals surface area contributed by atoms with Gasteiger partial charge < -0.3 is 14.2 Å². The number of aryl methyl sites for hydroxylation is 1. The lowest BCUT2D eigenvalue weighted by atomic mass is 10.1. The highest BCUT2D eigenvalue weighted by molar-refractivity contribution is 6.00. The molecule has 3 aliphatic heterocycles. The van der Waals surface area contributed by atoms with Crippen molar-refractivity contribution in [3.63, 3.8) is 0 Å². The third kappa shape index (κ3) is 5.07. The van der Waals surface area contributed by atoms with Gasteiger partial charge in [-0.1, -0.05) is 24.3 Å². The maximum absolute atomic E-state index is 13.7. The molecule has 0 spiro atoms. The Kier molecular flexibility index (Phi) is 7.20. The summed E-state index contributed by atoms with van der Waals surface area (Å²) in [6.07, 6.45) is 6.19. The Morgan fingerprint density at radius 3 is 2.50 bits per heavy atom. The van der Waals surface area contributed by atoms with Gasteiger partial charge in [-0.25, -0.2) is 0 Å². The van der Waals surface area contributed by atoms with E-state index in [2.05, 4.69) is 15.0 Å². The Bertz CT molecular complexity index is 1330. The predicted molar refractivity (Wildman–Crippen MR) is 136 cm³/mol. The monoisotopic (exact) mass is 486 g/mol. The fraction of sp³-hybridized carbons (Fsp3) is 0.333. The second-order valence-corrected chi connectivity index (χ2v) is 8.96. The summed E-state index contributed by atoms with van der Waals surface area (Å²) in [7, 11) is 1.66. The van der Waals surface area contributed by atoms with Crippen LogP contribution in [-0.2, 0) is 17.8 Å². The molecule has 36 heavy (non-hydrogen) atoms. The number of para-hydroxylation sites is 1. The van der Waals surface area contributed by atoms with Gasteiger partial charge in [0.15, 0.2) is 0 Å². The minimum atomic E-state index is -0.230. The van der Waals surface area contributed by atoms with Crippen LogP contribution in [0.25, 0.3) is 16.9 Å². The number of hydrogen-bond donors (Lipinski definition) is 0. The van der Waals surface area contributed by atoms with Crippen LogP contribution in [0.1, 0.15) is 22.5 Å². The normalized spacial score (nSPS) is 14.4. The summed E-state index contributed by atoms with van der Waals surface area (Å²) in [5.74, 6) is -0.101. The van der Waals surface area contributed by atoms with E-state index in [1.54, 1.807) is 19.5 Å². The van der Waals surface area contributed by atoms with E-state index in [4.69, 9.17) is 4.74 Å². The minimum absolute atomic E-state index is 0.101. The van der Waals surface area contributed by atoms with Crippen LogP contribution in [0.15, 0.2) is 71.9 Å². The van der Waals surface area contributed by atoms with E-state index >= 15 is 0 Å². The van der Waals surface area contributed by atoms with E-state index in [-0.39, 0.29) is 11.5 Å². The lowest BCUT2D eigenvalue weighted by molar-refractivity contribution is 0.0626. The molecular formula is C27H30N6O3. The molecule has 0 aliphatic carbocycles. The van der Waals surface area contributed by atoms with Gasteiger partial charge in [-0.05, 0) is 30.7 Å².